The predicted octanol–water partition coefficient (Wildman–Crippen LogP) is 5.80. The van der Waals surface area contributed by atoms with E-state index in [2.05, 4.69) is 26.5 Å². The fourth-order valence-electron chi connectivity index (χ4n) is 3.99. The molecule has 1 aliphatic carbocycles. The highest BCUT2D eigenvalue weighted by Crippen LogP contribution is 2.45. The van der Waals surface area contributed by atoms with Crippen LogP contribution in [0, 0.1) is 12.8 Å². The normalized spacial score (nSPS) is 15.9. The van der Waals surface area contributed by atoms with E-state index in [0.29, 0.717) is 17.4 Å². The molecule has 3 rings (SSSR count). The van der Waals surface area contributed by atoms with Gasteiger partial charge in [0.2, 0.25) is 0 Å². The number of hydrogen-bond acceptors (Lipinski definition) is 3. The number of aromatic hydroxyl groups is 1. The summed E-state index contributed by atoms with van der Waals surface area (Å²) < 4.78 is 5.68. The summed E-state index contributed by atoms with van der Waals surface area (Å²) in [5.41, 5.74) is 4.31. The smallest absolute Gasteiger partial charge is 0.335 e. The number of allylic oxidation sites excluding steroid dienone is 2. The van der Waals surface area contributed by atoms with Gasteiger partial charge in [0, 0.05) is 28.0 Å². The molecule has 0 saturated heterocycles. The van der Waals surface area contributed by atoms with Crippen LogP contribution in [0.2, 0.25) is 0 Å². The number of phenolic OH excluding ortho intramolecular Hbond substituents is 1. The highest BCUT2D eigenvalue weighted by atomic mass is 16.5. The molecule has 1 N–H and O–H groups in total. The minimum Gasteiger partial charge on any atom is -0.507 e. The SMILES string of the molecule is C=CC(=O)Oc1c2c(c(O)c3cc(C)ccc13)CCC(CCC=C(C)C)C2. The summed E-state index contributed by atoms with van der Waals surface area (Å²) in [7, 11) is 0. The number of phenols is 1. The predicted molar refractivity (Wildman–Crippen MR) is 110 cm³/mol. The Morgan fingerprint density at radius 3 is 2.78 bits per heavy atom. The van der Waals surface area contributed by atoms with Crippen LogP contribution in [0.3, 0.4) is 0 Å². The van der Waals surface area contributed by atoms with Crippen LogP contribution in [0.5, 0.6) is 11.5 Å². The van der Waals surface area contributed by atoms with Gasteiger partial charge in [-0.3, -0.25) is 0 Å². The molecule has 3 nitrogen and oxygen atoms in total. The van der Waals surface area contributed by atoms with E-state index >= 15 is 0 Å². The van der Waals surface area contributed by atoms with Gasteiger partial charge in [-0.25, -0.2) is 4.79 Å². The highest BCUT2D eigenvalue weighted by molar-refractivity contribution is 5.98. The molecule has 1 unspecified atom stereocenters. The summed E-state index contributed by atoms with van der Waals surface area (Å²) in [5, 5.41) is 12.4. The molecule has 0 bridgehead atoms. The van der Waals surface area contributed by atoms with Gasteiger partial charge in [0.1, 0.15) is 11.5 Å². The maximum Gasteiger partial charge on any atom is 0.335 e. The van der Waals surface area contributed by atoms with Gasteiger partial charge in [0.25, 0.3) is 0 Å². The lowest BCUT2D eigenvalue weighted by atomic mass is 9.79. The fourth-order valence-corrected chi connectivity index (χ4v) is 3.99. The van der Waals surface area contributed by atoms with E-state index in [1.165, 1.54) is 11.6 Å². The van der Waals surface area contributed by atoms with Gasteiger partial charge in [-0.2, -0.15) is 0 Å². The third-order valence-electron chi connectivity index (χ3n) is 5.39. The second-order valence-corrected chi connectivity index (χ2v) is 7.78. The van der Waals surface area contributed by atoms with E-state index in [4.69, 9.17) is 4.74 Å². The minimum atomic E-state index is -0.462. The van der Waals surface area contributed by atoms with Crippen LogP contribution >= 0.6 is 0 Å². The van der Waals surface area contributed by atoms with Crippen molar-refractivity contribution in [3.63, 3.8) is 0 Å². The van der Waals surface area contributed by atoms with E-state index < -0.39 is 5.97 Å². The molecule has 0 aliphatic heterocycles. The maximum absolute atomic E-state index is 12.0. The summed E-state index contributed by atoms with van der Waals surface area (Å²) in [6.07, 6.45) is 8.30. The highest BCUT2D eigenvalue weighted by Gasteiger charge is 2.27. The summed E-state index contributed by atoms with van der Waals surface area (Å²) in [6, 6.07) is 5.87. The number of ether oxygens (including phenoxy) is 1. The first-order valence-corrected chi connectivity index (χ1v) is 9.65. The Kier molecular flexibility index (Phi) is 5.69. The minimum absolute atomic E-state index is 0.338. The van der Waals surface area contributed by atoms with Crippen molar-refractivity contribution in [3.05, 3.63) is 59.2 Å². The zero-order valence-electron chi connectivity index (χ0n) is 16.5. The van der Waals surface area contributed by atoms with Crippen LogP contribution in [-0.2, 0) is 17.6 Å². The number of rotatable bonds is 5. The lowest BCUT2D eigenvalue weighted by Crippen LogP contribution is -2.17. The molecule has 142 valence electrons. The van der Waals surface area contributed by atoms with Crippen molar-refractivity contribution in [1.82, 2.24) is 0 Å². The van der Waals surface area contributed by atoms with Crippen molar-refractivity contribution in [2.45, 2.75) is 52.9 Å². The van der Waals surface area contributed by atoms with Crippen LogP contribution in [0.1, 0.15) is 49.8 Å². The van der Waals surface area contributed by atoms with Crippen LogP contribution in [0.25, 0.3) is 10.8 Å². The first-order chi connectivity index (χ1) is 12.9. The van der Waals surface area contributed by atoms with Gasteiger partial charge in [-0.05, 0) is 64.9 Å². The van der Waals surface area contributed by atoms with Gasteiger partial charge in [0.15, 0.2) is 0 Å². The van der Waals surface area contributed by atoms with Gasteiger partial charge in [0.05, 0.1) is 0 Å². The van der Waals surface area contributed by atoms with Crippen LogP contribution in [0.4, 0.5) is 0 Å². The first-order valence-electron chi connectivity index (χ1n) is 9.65. The van der Waals surface area contributed by atoms with Crippen molar-refractivity contribution < 1.29 is 14.6 Å². The summed E-state index contributed by atoms with van der Waals surface area (Å²) in [6.45, 7) is 9.76. The lowest BCUT2D eigenvalue weighted by Gasteiger charge is -2.28. The molecule has 2 aromatic rings. The quantitative estimate of drug-likeness (QED) is 0.316. The summed E-state index contributed by atoms with van der Waals surface area (Å²) >= 11 is 0. The Balaban J connectivity index is 2.06. The number of carbonyl (C=O) groups excluding carboxylic acids is 1. The topological polar surface area (TPSA) is 46.5 Å². The summed E-state index contributed by atoms with van der Waals surface area (Å²) in [5.74, 6) is 0.993. The zero-order valence-corrected chi connectivity index (χ0v) is 16.5. The molecule has 3 heteroatoms. The largest absolute Gasteiger partial charge is 0.507 e. The van der Waals surface area contributed by atoms with E-state index in [9.17, 15) is 9.90 Å². The Labute approximate surface area is 161 Å². The van der Waals surface area contributed by atoms with Crippen LogP contribution in [0.15, 0.2) is 42.5 Å². The third kappa shape index (κ3) is 4.08. The molecule has 1 atom stereocenters. The van der Waals surface area contributed by atoms with Gasteiger partial charge < -0.3 is 9.84 Å². The third-order valence-corrected chi connectivity index (χ3v) is 5.39. The van der Waals surface area contributed by atoms with Gasteiger partial charge in [-0.15, -0.1) is 0 Å². The molecule has 2 aromatic carbocycles. The van der Waals surface area contributed by atoms with Gasteiger partial charge >= 0.3 is 5.97 Å². The van der Waals surface area contributed by atoms with E-state index in [1.807, 2.05) is 25.1 Å². The van der Waals surface area contributed by atoms with E-state index in [0.717, 1.165) is 59.6 Å². The standard InChI is InChI=1S/C24H28O3/c1-5-22(25)27-24-19-11-9-16(4)13-20(19)23(26)18-12-10-17(14-21(18)24)8-6-7-15(2)3/h5,7,9,11,13,17,26H,1,6,8,10,12,14H2,2-4H3. The van der Waals surface area contributed by atoms with Crippen molar-refractivity contribution in [2.24, 2.45) is 5.92 Å². The Morgan fingerprint density at radius 1 is 1.30 bits per heavy atom. The van der Waals surface area contributed by atoms with Crippen molar-refractivity contribution >= 4 is 16.7 Å². The van der Waals surface area contributed by atoms with Crippen molar-refractivity contribution in [2.75, 3.05) is 0 Å². The molecule has 0 heterocycles. The Hall–Kier alpha value is -2.55. The number of hydrogen-bond donors (Lipinski definition) is 1. The number of benzene rings is 2. The average molecular weight is 364 g/mol. The van der Waals surface area contributed by atoms with E-state index in [-0.39, 0.29) is 0 Å². The molecular formula is C24H28O3. The molecule has 0 fully saturated rings. The number of aryl methyl sites for hydroxylation is 1. The van der Waals surface area contributed by atoms with Crippen molar-refractivity contribution in [1.29, 1.82) is 0 Å². The second kappa shape index (κ2) is 7.99. The van der Waals surface area contributed by atoms with Crippen LogP contribution in [-0.4, -0.2) is 11.1 Å². The number of esters is 1. The molecule has 27 heavy (non-hydrogen) atoms. The van der Waals surface area contributed by atoms with Gasteiger partial charge in [-0.1, -0.05) is 35.9 Å². The second-order valence-electron chi connectivity index (χ2n) is 7.78. The molecule has 0 spiro atoms. The molecule has 0 amide bonds. The zero-order chi connectivity index (χ0) is 19.6. The molecule has 0 radical (unpaired) electrons. The average Bonchev–Trinajstić information content (AvgIpc) is 2.64. The molecule has 1 aliphatic rings. The molecular weight excluding hydrogens is 336 g/mol. The monoisotopic (exact) mass is 364 g/mol. The maximum atomic E-state index is 12.0. The van der Waals surface area contributed by atoms with Crippen LogP contribution < -0.4 is 4.74 Å². The lowest BCUT2D eigenvalue weighted by molar-refractivity contribution is -0.128. The van der Waals surface area contributed by atoms with Crippen molar-refractivity contribution in [3.8, 4) is 11.5 Å². The Bertz CT molecular complexity index is 917. The number of fused-ring (bicyclic) bond motifs is 2. The van der Waals surface area contributed by atoms with E-state index in [1.54, 1.807) is 0 Å². The molecule has 0 saturated carbocycles. The number of carbonyl (C=O) groups is 1. The summed E-state index contributed by atoms with van der Waals surface area (Å²) in [4.78, 5) is 12.0. The first kappa shape index (κ1) is 19.2. The fraction of sp³-hybridized carbons (Fsp3) is 0.375. The Morgan fingerprint density at radius 2 is 2.07 bits per heavy atom. The molecule has 0 aromatic heterocycles.